The topological polar surface area (TPSA) is 120 Å². The fourth-order valence-electron chi connectivity index (χ4n) is 4.47. The molecule has 0 amide bonds. The van der Waals surface area contributed by atoms with Gasteiger partial charge in [-0.3, -0.25) is 0 Å². The minimum atomic E-state index is -1.21. The summed E-state index contributed by atoms with van der Waals surface area (Å²) in [7, 11) is 1.47. The van der Waals surface area contributed by atoms with E-state index >= 15 is 0 Å². The number of nitrogens with zero attached hydrogens (tertiary/aromatic N) is 6. The Bertz CT molecular complexity index is 1220. The molecule has 2 fully saturated rings. The van der Waals surface area contributed by atoms with Crippen LogP contribution in [0, 0.1) is 11.6 Å². The number of hydrogen-bond acceptors (Lipinski definition) is 8. The zero-order chi connectivity index (χ0) is 24.9. The maximum absolute atomic E-state index is 14.5. The van der Waals surface area contributed by atoms with E-state index in [1.807, 2.05) is 6.20 Å². The molecule has 1 aromatic carbocycles. The summed E-state index contributed by atoms with van der Waals surface area (Å²) in [5.41, 5.74) is 0.962. The van der Waals surface area contributed by atoms with Gasteiger partial charge in [-0.1, -0.05) is 17.4 Å². The minimum absolute atomic E-state index is 0.00832. The molecule has 0 spiro atoms. The number of benzene rings is 1. The van der Waals surface area contributed by atoms with Gasteiger partial charge in [0.15, 0.2) is 11.6 Å². The van der Waals surface area contributed by atoms with Gasteiger partial charge in [0.25, 0.3) is 0 Å². The van der Waals surface area contributed by atoms with E-state index in [0.717, 1.165) is 18.5 Å². The molecule has 0 bridgehead atoms. The van der Waals surface area contributed by atoms with Crippen molar-refractivity contribution in [2.45, 2.75) is 62.2 Å². The van der Waals surface area contributed by atoms with Gasteiger partial charge in [0, 0.05) is 24.3 Å². The lowest BCUT2D eigenvalue weighted by Gasteiger charge is -2.43. The van der Waals surface area contributed by atoms with E-state index in [2.05, 4.69) is 43.5 Å². The average Bonchev–Trinajstić information content (AvgIpc) is 3.23. The first kappa shape index (κ1) is 24.4. The van der Waals surface area contributed by atoms with Crippen LogP contribution < -0.4 is 0 Å². The summed E-state index contributed by atoms with van der Waals surface area (Å²) in [6.07, 6.45) is 1.91. The summed E-state index contributed by atoms with van der Waals surface area (Å²) in [6.45, 7) is 1.95. The van der Waals surface area contributed by atoms with Gasteiger partial charge in [-0.2, -0.15) is 0 Å². The molecule has 3 heterocycles. The van der Waals surface area contributed by atoms with Gasteiger partial charge >= 0.3 is 0 Å². The Kier molecular flexibility index (Phi) is 6.46. The number of hydrogen-bond donors (Lipinski definition) is 2. The van der Waals surface area contributed by atoms with Crippen molar-refractivity contribution in [2.24, 2.45) is 0 Å². The van der Waals surface area contributed by atoms with Crippen molar-refractivity contribution >= 4 is 15.9 Å². The molecule has 1 aliphatic heterocycles. The van der Waals surface area contributed by atoms with Gasteiger partial charge in [0.2, 0.25) is 0 Å². The number of aliphatic hydroxyl groups is 2. The second-order valence-electron chi connectivity index (χ2n) is 9.27. The molecule has 5 atom stereocenters. The number of ether oxygens (including phenoxy) is 2. The quantitative estimate of drug-likeness (QED) is 0.425. The van der Waals surface area contributed by atoms with Crippen LogP contribution in [0.1, 0.15) is 31.5 Å². The van der Waals surface area contributed by atoms with E-state index in [4.69, 9.17) is 9.47 Å². The van der Waals surface area contributed by atoms with Crippen molar-refractivity contribution in [3.63, 3.8) is 0 Å². The highest BCUT2D eigenvalue weighted by atomic mass is 79.9. The van der Waals surface area contributed by atoms with E-state index in [1.165, 1.54) is 30.1 Å². The summed E-state index contributed by atoms with van der Waals surface area (Å²) < 4.78 is 43.2. The molecule has 2 aromatic heterocycles. The first-order valence-corrected chi connectivity index (χ1v) is 12.0. The summed E-state index contributed by atoms with van der Waals surface area (Å²) >= 11 is 2.95. The smallest absolute Gasteiger partial charge is 0.173 e. The Morgan fingerprint density at radius 2 is 1.94 bits per heavy atom. The van der Waals surface area contributed by atoms with Crippen molar-refractivity contribution in [2.75, 3.05) is 13.7 Å². The van der Waals surface area contributed by atoms with Gasteiger partial charge in [0.1, 0.15) is 36.2 Å². The zero-order valence-corrected chi connectivity index (χ0v) is 20.6. The molecule has 13 heteroatoms. The lowest BCUT2D eigenvalue weighted by molar-refractivity contribution is -0.216. The van der Waals surface area contributed by atoms with Crippen LogP contribution in [-0.2, 0) is 21.4 Å². The van der Waals surface area contributed by atoms with Gasteiger partial charge in [-0.25, -0.2) is 18.1 Å². The maximum Gasteiger partial charge on any atom is 0.173 e. The average molecular weight is 555 g/mol. The fourth-order valence-corrected chi connectivity index (χ4v) is 4.78. The molecule has 1 saturated heterocycles. The SMILES string of the molecule is CO[C@@H]1[C@@H](n2cc(-c3ccc(Br)c(F)c3F)nn2)[C@@H](O)[C@@H](CO)O[C@@H]1Cn1cc(C2(C)CC2)nn1. The summed E-state index contributed by atoms with van der Waals surface area (Å²) in [4.78, 5) is 0. The third-order valence-electron chi connectivity index (χ3n) is 6.89. The number of aromatic nitrogens is 6. The summed E-state index contributed by atoms with van der Waals surface area (Å²) in [5.74, 6) is -2.11. The standard InChI is InChI=1S/C22H25BrF2N6O4/c1-22(5-6-22)16-9-30(28-27-16)8-14-21(34-2)19(20(33)15(10-32)35-14)31-7-13(26-29-31)11-3-4-12(23)18(25)17(11)24/h3-4,7,9,14-15,19-21,32-33H,5-6,8,10H2,1-2H3/t14-,15-,19+,20+,21+/m1/s1. The van der Waals surface area contributed by atoms with Gasteiger partial charge in [-0.05, 0) is 40.9 Å². The monoisotopic (exact) mass is 554 g/mol. The van der Waals surface area contributed by atoms with Gasteiger partial charge in [-0.15, -0.1) is 10.2 Å². The molecule has 2 N–H and O–H groups in total. The fraction of sp³-hybridized carbons (Fsp3) is 0.545. The van der Waals surface area contributed by atoms with E-state index in [0.29, 0.717) is 0 Å². The van der Waals surface area contributed by atoms with Crippen LogP contribution in [0.4, 0.5) is 8.78 Å². The molecule has 1 saturated carbocycles. The normalized spacial score (nSPS) is 27.8. The Hall–Kier alpha value is -2.32. The van der Waals surface area contributed by atoms with Crippen molar-refractivity contribution in [3.8, 4) is 11.3 Å². The van der Waals surface area contributed by atoms with E-state index in [9.17, 15) is 19.0 Å². The van der Waals surface area contributed by atoms with Crippen LogP contribution in [-0.4, -0.2) is 78.3 Å². The number of rotatable bonds is 7. The van der Waals surface area contributed by atoms with Crippen molar-refractivity contribution < 1.29 is 28.5 Å². The lowest BCUT2D eigenvalue weighted by atomic mass is 9.92. The minimum Gasteiger partial charge on any atom is -0.394 e. The molecule has 188 valence electrons. The Morgan fingerprint density at radius 3 is 2.63 bits per heavy atom. The molecule has 0 radical (unpaired) electrons. The third-order valence-corrected chi connectivity index (χ3v) is 7.50. The first-order chi connectivity index (χ1) is 16.8. The Morgan fingerprint density at radius 1 is 1.17 bits per heavy atom. The van der Waals surface area contributed by atoms with Crippen LogP contribution in [0.3, 0.4) is 0 Å². The highest BCUT2D eigenvalue weighted by Crippen LogP contribution is 2.46. The van der Waals surface area contributed by atoms with Crippen LogP contribution >= 0.6 is 15.9 Å². The summed E-state index contributed by atoms with van der Waals surface area (Å²) in [5, 5.41) is 37.4. The van der Waals surface area contributed by atoms with E-state index in [-0.39, 0.29) is 27.7 Å². The van der Waals surface area contributed by atoms with Gasteiger partial charge < -0.3 is 19.7 Å². The lowest BCUT2D eigenvalue weighted by Crippen LogP contribution is -2.57. The van der Waals surface area contributed by atoms with Crippen LogP contribution in [0.5, 0.6) is 0 Å². The molecule has 2 aliphatic rings. The van der Waals surface area contributed by atoms with Crippen molar-refractivity contribution in [1.29, 1.82) is 0 Å². The molecule has 1 aliphatic carbocycles. The predicted octanol–water partition coefficient (Wildman–Crippen LogP) is 2.01. The number of halogens is 3. The highest BCUT2D eigenvalue weighted by molar-refractivity contribution is 9.10. The first-order valence-electron chi connectivity index (χ1n) is 11.2. The van der Waals surface area contributed by atoms with Crippen molar-refractivity contribution in [3.05, 3.63) is 46.3 Å². The molecule has 35 heavy (non-hydrogen) atoms. The molecule has 0 unspecified atom stereocenters. The number of methoxy groups -OCH3 is 1. The van der Waals surface area contributed by atoms with Crippen LogP contribution in [0.2, 0.25) is 0 Å². The maximum atomic E-state index is 14.5. The Balaban J connectivity index is 1.44. The van der Waals surface area contributed by atoms with Crippen LogP contribution in [0.25, 0.3) is 11.3 Å². The molecular formula is C22H25BrF2N6O4. The molecular weight excluding hydrogens is 530 g/mol. The third kappa shape index (κ3) is 4.40. The predicted molar refractivity (Wildman–Crippen MR) is 121 cm³/mol. The van der Waals surface area contributed by atoms with Gasteiger partial charge in [0.05, 0.1) is 29.5 Å². The molecule has 10 nitrogen and oxygen atoms in total. The molecule has 3 aromatic rings. The second kappa shape index (κ2) is 9.28. The second-order valence-corrected chi connectivity index (χ2v) is 10.1. The van der Waals surface area contributed by atoms with E-state index < -0.39 is 48.7 Å². The van der Waals surface area contributed by atoms with Crippen molar-refractivity contribution in [1.82, 2.24) is 30.0 Å². The zero-order valence-electron chi connectivity index (χ0n) is 19.1. The number of aliphatic hydroxyl groups excluding tert-OH is 2. The Labute approximate surface area is 208 Å². The van der Waals surface area contributed by atoms with Crippen LogP contribution in [0.15, 0.2) is 29.0 Å². The molecule has 5 rings (SSSR count). The summed E-state index contributed by atoms with van der Waals surface area (Å²) in [6, 6.07) is 1.93. The largest absolute Gasteiger partial charge is 0.394 e. The van der Waals surface area contributed by atoms with E-state index in [1.54, 1.807) is 4.68 Å². The highest BCUT2D eigenvalue weighted by Gasteiger charge is 2.48.